The molecule has 35 heavy (non-hydrogen) atoms. The van der Waals surface area contributed by atoms with Crippen molar-refractivity contribution < 1.29 is 18.3 Å². The second-order valence-corrected chi connectivity index (χ2v) is 8.67. The zero-order chi connectivity index (χ0) is 24.4. The summed E-state index contributed by atoms with van der Waals surface area (Å²) in [5.41, 5.74) is 10.6. The summed E-state index contributed by atoms with van der Waals surface area (Å²) in [4.78, 5) is 6.66. The van der Waals surface area contributed by atoms with Crippen LogP contribution in [0.3, 0.4) is 0 Å². The number of fused-ring (bicyclic) bond motifs is 1. The number of ether oxygens (including phenoxy) is 2. The smallest absolute Gasteiger partial charge is 0.244 e. The maximum atomic E-state index is 14.9. The molecule has 0 aliphatic carbocycles. The molecule has 0 radical (unpaired) electrons. The zero-order valence-electron chi connectivity index (χ0n) is 19.4. The molecule has 2 fully saturated rings. The number of benzene rings is 1. The Hall–Kier alpha value is -3.38. The number of hydrogen-bond donors (Lipinski definition) is 3. The third kappa shape index (κ3) is 4.63. The molecule has 2 aliphatic heterocycles. The van der Waals surface area contributed by atoms with Gasteiger partial charge in [-0.25, -0.2) is 18.8 Å². The van der Waals surface area contributed by atoms with Crippen LogP contribution in [-0.4, -0.2) is 84.4 Å². The van der Waals surface area contributed by atoms with Crippen LogP contribution in [0.5, 0.6) is 5.88 Å². The second kappa shape index (κ2) is 10.1. The number of alkyl halides is 2. The van der Waals surface area contributed by atoms with E-state index in [1.165, 1.54) is 7.11 Å². The summed E-state index contributed by atoms with van der Waals surface area (Å²) in [5.74, 6) is 0.632. The molecule has 0 amide bonds. The van der Waals surface area contributed by atoms with Crippen molar-refractivity contribution in [3.63, 3.8) is 0 Å². The van der Waals surface area contributed by atoms with Gasteiger partial charge in [0, 0.05) is 31.4 Å². The van der Waals surface area contributed by atoms with Crippen molar-refractivity contribution in [1.29, 1.82) is 5.53 Å². The van der Waals surface area contributed by atoms with E-state index in [4.69, 9.17) is 15.0 Å². The fraction of sp³-hybridized carbons (Fsp3) is 0.478. The monoisotopic (exact) mass is 486 g/mol. The summed E-state index contributed by atoms with van der Waals surface area (Å²) < 4.78 is 40.1. The van der Waals surface area contributed by atoms with E-state index in [2.05, 4.69) is 30.7 Å². The number of piperidine rings is 1. The van der Waals surface area contributed by atoms with Crippen molar-refractivity contribution in [3.8, 4) is 17.0 Å². The molecule has 2 atom stereocenters. The molecule has 10 nitrogen and oxygen atoms in total. The molecule has 0 spiro atoms. The van der Waals surface area contributed by atoms with Gasteiger partial charge < -0.3 is 20.1 Å². The van der Waals surface area contributed by atoms with Crippen molar-refractivity contribution >= 4 is 22.8 Å². The molecule has 0 unspecified atom stereocenters. The van der Waals surface area contributed by atoms with Gasteiger partial charge in [-0.05, 0) is 30.2 Å². The summed E-state index contributed by atoms with van der Waals surface area (Å²) in [7, 11) is 1.52. The van der Waals surface area contributed by atoms with E-state index >= 15 is 0 Å². The summed E-state index contributed by atoms with van der Waals surface area (Å²) in [5, 5.41) is 14.2. The van der Waals surface area contributed by atoms with Crippen LogP contribution >= 0.6 is 0 Å². The minimum Gasteiger partial charge on any atom is -0.479 e. The van der Waals surface area contributed by atoms with E-state index in [1.54, 1.807) is 22.8 Å². The standard InChI is InChI=1S/C23H28F2N8O2/c1-34-22-21-16(14-2-3-19(30-26)20(10-14)27-7-6-24)4-9-33(21)31-23(29-22)28-18-5-8-32(11-17(18)25)15-12-35-13-15/h2-4,9-10,15,17-18,26-27H,5-8,11-13H2,1H3,(H,28,31)/t17-,18+/m1/s1. The number of rotatable bonds is 9. The van der Waals surface area contributed by atoms with Crippen LogP contribution in [0.1, 0.15) is 6.42 Å². The highest BCUT2D eigenvalue weighted by Crippen LogP contribution is 2.36. The quantitative estimate of drug-likeness (QED) is 0.396. The Morgan fingerprint density at radius 3 is 2.86 bits per heavy atom. The number of nitrogens with one attached hydrogen (secondary N) is 3. The summed E-state index contributed by atoms with van der Waals surface area (Å²) in [6, 6.07) is 7.12. The number of aromatic nitrogens is 3. The van der Waals surface area contributed by atoms with Crippen molar-refractivity contribution in [2.75, 3.05) is 57.3 Å². The van der Waals surface area contributed by atoms with Gasteiger partial charge in [0.15, 0.2) is 0 Å². The molecule has 12 heteroatoms. The normalized spacial score (nSPS) is 21.0. The van der Waals surface area contributed by atoms with E-state index < -0.39 is 18.9 Å². The van der Waals surface area contributed by atoms with Gasteiger partial charge in [0.1, 0.15) is 24.1 Å². The number of nitrogens with zero attached hydrogens (tertiary/aromatic N) is 5. The number of halogens is 2. The van der Waals surface area contributed by atoms with Crippen LogP contribution in [0.4, 0.5) is 26.1 Å². The average Bonchev–Trinajstić information content (AvgIpc) is 3.26. The van der Waals surface area contributed by atoms with E-state index in [-0.39, 0.29) is 6.54 Å². The fourth-order valence-electron chi connectivity index (χ4n) is 4.58. The molecule has 2 aromatic heterocycles. The Bertz CT molecular complexity index is 1200. The molecule has 5 rings (SSSR count). The van der Waals surface area contributed by atoms with Crippen molar-refractivity contribution in [2.45, 2.75) is 24.7 Å². The Balaban J connectivity index is 1.40. The van der Waals surface area contributed by atoms with Crippen LogP contribution < -0.4 is 15.4 Å². The lowest BCUT2D eigenvalue weighted by atomic mass is 10.0. The van der Waals surface area contributed by atoms with Gasteiger partial charge >= 0.3 is 0 Å². The first kappa shape index (κ1) is 23.4. The lowest BCUT2D eigenvalue weighted by Gasteiger charge is -2.42. The third-order valence-electron chi connectivity index (χ3n) is 6.53. The van der Waals surface area contributed by atoms with Crippen molar-refractivity contribution in [2.24, 2.45) is 5.11 Å². The van der Waals surface area contributed by atoms with Crippen LogP contribution in [0.25, 0.3) is 16.6 Å². The third-order valence-corrected chi connectivity index (χ3v) is 6.53. The van der Waals surface area contributed by atoms with Crippen LogP contribution in [-0.2, 0) is 4.74 Å². The summed E-state index contributed by atoms with van der Waals surface area (Å²) in [6.45, 7) is 2.07. The maximum Gasteiger partial charge on any atom is 0.244 e. The van der Waals surface area contributed by atoms with Crippen molar-refractivity contribution in [1.82, 2.24) is 19.5 Å². The highest BCUT2D eigenvalue weighted by Gasteiger charge is 2.35. The molecular formula is C23H28F2N8O2. The average molecular weight is 487 g/mol. The van der Waals surface area contributed by atoms with Gasteiger partial charge in [-0.1, -0.05) is 6.07 Å². The van der Waals surface area contributed by atoms with Gasteiger partial charge in [-0.3, -0.25) is 4.90 Å². The molecule has 186 valence electrons. The Morgan fingerprint density at radius 2 is 2.17 bits per heavy atom. The number of methoxy groups -OCH3 is 1. The highest BCUT2D eigenvalue weighted by molar-refractivity contribution is 5.87. The summed E-state index contributed by atoms with van der Waals surface area (Å²) in [6.07, 6.45) is 1.37. The van der Waals surface area contributed by atoms with Gasteiger partial charge in [-0.2, -0.15) is 10.1 Å². The first-order chi connectivity index (χ1) is 17.1. The van der Waals surface area contributed by atoms with Crippen LogP contribution in [0.2, 0.25) is 0 Å². The number of anilines is 2. The SMILES string of the molecule is COc1nc(N[C@H]2CCN(C3COC3)C[C@H]2F)nn2ccc(-c3ccc(N=N)c(NCCF)c3)c12. The maximum absolute atomic E-state index is 14.9. The first-order valence-corrected chi connectivity index (χ1v) is 11.6. The van der Waals surface area contributed by atoms with Gasteiger partial charge in [0.2, 0.25) is 11.8 Å². The molecule has 0 bridgehead atoms. The molecule has 4 heterocycles. The highest BCUT2D eigenvalue weighted by atomic mass is 19.1. The molecule has 3 aromatic rings. The first-order valence-electron chi connectivity index (χ1n) is 11.6. The minimum absolute atomic E-state index is 0.118. The predicted molar refractivity (Wildman–Crippen MR) is 127 cm³/mol. The Morgan fingerprint density at radius 1 is 1.31 bits per heavy atom. The molecule has 0 saturated carbocycles. The van der Waals surface area contributed by atoms with E-state index in [0.717, 1.165) is 17.7 Å². The largest absolute Gasteiger partial charge is 0.479 e. The van der Waals surface area contributed by atoms with Crippen LogP contribution in [0, 0.1) is 5.53 Å². The van der Waals surface area contributed by atoms with Crippen molar-refractivity contribution in [3.05, 3.63) is 30.5 Å². The van der Waals surface area contributed by atoms with Crippen LogP contribution in [0.15, 0.2) is 35.6 Å². The summed E-state index contributed by atoms with van der Waals surface area (Å²) >= 11 is 0. The molecule has 1 aromatic carbocycles. The number of likely N-dealkylation sites (tertiary alicyclic amines) is 1. The number of hydrogen-bond acceptors (Lipinski definition) is 9. The van der Waals surface area contributed by atoms with Gasteiger partial charge in [0.25, 0.3) is 0 Å². The molecule has 3 N–H and O–H groups in total. The van der Waals surface area contributed by atoms with Gasteiger partial charge in [-0.15, -0.1) is 5.10 Å². The lowest BCUT2D eigenvalue weighted by molar-refractivity contribution is -0.0794. The van der Waals surface area contributed by atoms with E-state index in [1.807, 2.05) is 12.1 Å². The van der Waals surface area contributed by atoms with E-state index in [9.17, 15) is 8.78 Å². The topological polar surface area (TPSA) is 112 Å². The second-order valence-electron chi connectivity index (χ2n) is 8.67. The molecular weight excluding hydrogens is 458 g/mol. The fourth-order valence-corrected chi connectivity index (χ4v) is 4.58. The van der Waals surface area contributed by atoms with E-state index in [0.29, 0.717) is 60.9 Å². The Labute approximate surface area is 201 Å². The zero-order valence-corrected chi connectivity index (χ0v) is 19.4. The Kier molecular flexibility index (Phi) is 6.73. The minimum atomic E-state index is -1.05. The lowest BCUT2D eigenvalue weighted by Crippen LogP contribution is -2.57. The molecule has 2 aliphatic rings. The molecule has 2 saturated heterocycles. The predicted octanol–water partition coefficient (Wildman–Crippen LogP) is 3.67. The van der Waals surface area contributed by atoms with Gasteiger partial charge in [0.05, 0.1) is 38.1 Å².